The number of aromatic hydroxyl groups is 1. The molecular weight excluding hydrogens is 299 g/mol. The largest absolute Gasteiger partial charge is 0.508 e. The first-order chi connectivity index (χ1) is 9.45. The van der Waals surface area contributed by atoms with Crippen molar-refractivity contribution < 1.29 is 9.90 Å². The van der Waals surface area contributed by atoms with E-state index in [-0.39, 0.29) is 5.75 Å². The quantitative estimate of drug-likeness (QED) is 0.707. The first kappa shape index (κ1) is 14.5. The number of anilines is 2. The van der Waals surface area contributed by atoms with Gasteiger partial charge in [-0.3, -0.25) is 0 Å². The van der Waals surface area contributed by atoms with Crippen molar-refractivity contribution in [3.05, 3.63) is 52.0 Å². The zero-order valence-electron chi connectivity index (χ0n) is 10.6. The van der Waals surface area contributed by atoms with Crippen LogP contribution in [-0.2, 0) is 0 Å². The van der Waals surface area contributed by atoms with E-state index in [2.05, 4.69) is 10.6 Å². The summed E-state index contributed by atoms with van der Waals surface area (Å²) >= 11 is 11.7. The Balaban J connectivity index is 2.07. The molecule has 0 aliphatic heterocycles. The second-order valence-electron chi connectivity index (χ2n) is 4.21. The third kappa shape index (κ3) is 3.56. The van der Waals surface area contributed by atoms with Crippen molar-refractivity contribution in [1.29, 1.82) is 0 Å². The summed E-state index contributed by atoms with van der Waals surface area (Å²) in [5.74, 6) is 0.151. The van der Waals surface area contributed by atoms with Gasteiger partial charge in [-0.25, -0.2) is 4.79 Å². The molecule has 0 heterocycles. The molecule has 104 valence electrons. The molecule has 0 aliphatic rings. The van der Waals surface area contributed by atoms with E-state index >= 15 is 0 Å². The molecule has 2 aromatic carbocycles. The van der Waals surface area contributed by atoms with Crippen molar-refractivity contribution in [1.82, 2.24) is 0 Å². The Morgan fingerprint density at radius 1 is 1.05 bits per heavy atom. The van der Waals surface area contributed by atoms with E-state index in [1.165, 1.54) is 6.07 Å². The lowest BCUT2D eigenvalue weighted by molar-refractivity contribution is 0.262. The summed E-state index contributed by atoms with van der Waals surface area (Å²) in [6.45, 7) is 1.79. The molecule has 2 aromatic rings. The average Bonchev–Trinajstić information content (AvgIpc) is 2.37. The summed E-state index contributed by atoms with van der Waals surface area (Å²) in [5, 5.41) is 15.4. The second-order valence-corrected chi connectivity index (χ2v) is 5.02. The molecule has 0 aromatic heterocycles. The zero-order valence-corrected chi connectivity index (χ0v) is 12.1. The van der Waals surface area contributed by atoms with Crippen molar-refractivity contribution >= 4 is 40.6 Å². The number of rotatable bonds is 2. The zero-order chi connectivity index (χ0) is 14.7. The number of phenolic OH excluding ortho intramolecular Hbond substituents is 1. The number of nitrogens with one attached hydrogen (secondary N) is 2. The van der Waals surface area contributed by atoms with Crippen LogP contribution in [0.1, 0.15) is 5.56 Å². The number of carbonyl (C=O) groups is 1. The average molecular weight is 311 g/mol. The van der Waals surface area contributed by atoms with Gasteiger partial charge in [-0.15, -0.1) is 0 Å². The Morgan fingerprint density at radius 3 is 2.45 bits per heavy atom. The summed E-state index contributed by atoms with van der Waals surface area (Å²) in [7, 11) is 0. The van der Waals surface area contributed by atoms with Crippen LogP contribution in [0.5, 0.6) is 5.75 Å². The van der Waals surface area contributed by atoms with Gasteiger partial charge in [0.25, 0.3) is 0 Å². The van der Waals surface area contributed by atoms with E-state index in [9.17, 15) is 9.90 Å². The molecule has 2 rings (SSSR count). The van der Waals surface area contributed by atoms with E-state index in [1.54, 1.807) is 37.3 Å². The first-order valence-corrected chi connectivity index (χ1v) is 6.54. The predicted octanol–water partition coefficient (Wildman–Crippen LogP) is 4.65. The van der Waals surface area contributed by atoms with Crippen LogP contribution in [0.4, 0.5) is 16.2 Å². The number of carbonyl (C=O) groups excluding carboxylic acids is 1. The number of hydrogen-bond acceptors (Lipinski definition) is 2. The van der Waals surface area contributed by atoms with Crippen LogP contribution in [0, 0.1) is 6.92 Å². The van der Waals surface area contributed by atoms with Gasteiger partial charge < -0.3 is 15.7 Å². The number of amides is 2. The molecule has 0 saturated carbocycles. The first-order valence-electron chi connectivity index (χ1n) is 5.78. The minimum Gasteiger partial charge on any atom is -0.508 e. The van der Waals surface area contributed by atoms with Gasteiger partial charge in [0, 0.05) is 11.4 Å². The van der Waals surface area contributed by atoms with Crippen molar-refractivity contribution in [2.24, 2.45) is 0 Å². The standard InChI is InChI=1S/C14H12Cl2N2O2/c1-8-6-10(19)3-5-13(8)18-14(20)17-9-2-4-11(15)12(16)7-9/h2-7,19H,1H3,(H2,17,18,20). The van der Waals surface area contributed by atoms with Gasteiger partial charge in [0.15, 0.2) is 0 Å². The number of phenols is 1. The van der Waals surface area contributed by atoms with Crippen LogP contribution in [0.2, 0.25) is 10.0 Å². The normalized spacial score (nSPS) is 10.2. The smallest absolute Gasteiger partial charge is 0.323 e. The fraction of sp³-hybridized carbons (Fsp3) is 0.0714. The summed E-state index contributed by atoms with van der Waals surface area (Å²) in [4.78, 5) is 11.9. The number of benzene rings is 2. The fourth-order valence-corrected chi connectivity index (χ4v) is 1.94. The Bertz CT molecular complexity index is 660. The summed E-state index contributed by atoms with van der Waals surface area (Å²) in [6.07, 6.45) is 0. The minimum atomic E-state index is -0.405. The summed E-state index contributed by atoms with van der Waals surface area (Å²) in [6, 6.07) is 9.10. The molecule has 0 unspecified atom stereocenters. The van der Waals surface area contributed by atoms with Gasteiger partial charge in [-0.05, 0) is 48.9 Å². The molecule has 6 heteroatoms. The third-order valence-electron chi connectivity index (χ3n) is 2.64. The van der Waals surface area contributed by atoms with E-state index in [0.29, 0.717) is 21.4 Å². The molecule has 0 atom stereocenters. The fourth-order valence-electron chi connectivity index (χ4n) is 1.65. The molecule has 20 heavy (non-hydrogen) atoms. The predicted molar refractivity (Wildman–Crippen MR) is 81.9 cm³/mol. The molecule has 0 aliphatic carbocycles. The number of halogens is 2. The second kappa shape index (κ2) is 6.03. The highest BCUT2D eigenvalue weighted by Crippen LogP contribution is 2.25. The van der Waals surface area contributed by atoms with Crippen molar-refractivity contribution in [2.45, 2.75) is 6.92 Å². The molecule has 0 bridgehead atoms. The lowest BCUT2D eigenvalue weighted by Crippen LogP contribution is -2.19. The molecule has 2 amide bonds. The highest BCUT2D eigenvalue weighted by molar-refractivity contribution is 6.42. The SMILES string of the molecule is Cc1cc(O)ccc1NC(=O)Nc1ccc(Cl)c(Cl)c1. The van der Waals surface area contributed by atoms with Crippen molar-refractivity contribution in [3.8, 4) is 5.75 Å². The van der Waals surface area contributed by atoms with Crippen LogP contribution in [-0.4, -0.2) is 11.1 Å². The highest BCUT2D eigenvalue weighted by atomic mass is 35.5. The van der Waals surface area contributed by atoms with E-state index in [4.69, 9.17) is 23.2 Å². The summed E-state index contributed by atoms with van der Waals surface area (Å²) in [5.41, 5.74) is 1.91. The third-order valence-corrected chi connectivity index (χ3v) is 3.37. The van der Waals surface area contributed by atoms with Crippen molar-refractivity contribution in [2.75, 3.05) is 10.6 Å². The van der Waals surface area contributed by atoms with Gasteiger partial charge in [-0.2, -0.15) is 0 Å². The molecular formula is C14H12Cl2N2O2. The van der Waals surface area contributed by atoms with E-state index in [1.807, 2.05) is 0 Å². The van der Waals surface area contributed by atoms with E-state index < -0.39 is 6.03 Å². The topological polar surface area (TPSA) is 61.4 Å². The molecule has 0 spiro atoms. The lowest BCUT2D eigenvalue weighted by atomic mass is 10.2. The summed E-state index contributed by atoms with van der Waals surface area (Å²) < 4.78 is 0. The Labute approximate surface area is 126 Å². The Hall–Kier alpha value is -1.91. The van der Waals surface area contributed by atoms with Crippen LogP contribution in [0.25, 0.3) is 0 Å². The monoisotopic (exact) mass is 310 g/mol. The maximum Gasteiger partial charge on any atom is 0.323 e. The van der Waals surface area contributed by atoms with Crippen LogP contribution < -0.4 is 10.6 Å². The molecule has 0 fully saturated rings. The lowest BCUT2D eigenvalue weighted by Gasteiger charge is -2.10. The number of urea groups is 1. The minimum absolute atomic E-state index is 0.151. The van der Waals surface area contributed by atoms with Gasteiger partial charge in [-0.1, -0.05) is 23.2 Å². The number of hydrogen-bond donors (Lipinski definition) is 3. The Kier molecular flexibility index (Phi) is 4.37. The van der Waals surface area contributed by atoms with E-state index in [0.717, 1.165) is 5.56 Å². The molecule has 3 N–H and O–H groups in total. The molecule has 4 nitrogen and oxygen atoms in total. The van der Waals surface area contributed by atoms with Gasteiger partial charge in [0.2, 0.25) is 0 Å². The maximum absolute atomic E-state index is 11.9. The van der Waals surface area contributed by atoms with Crippen LogP contribution in [0.3, 0.4) is 0 Å². The molecule has 0 saturated heterocycles. The van der Waals surface area contributed by atoms with Crippen molar-refractivity contribution in [3.63, 3.8) is 0 Å². The highest BCUT2D eigenvalue weighted by Gasteiger charge is 2.06. The van der Waals surface area contributed by atoms with Crippen LogP contribution in [0.15, 0.2) is 36.4 Å². The number of aryl methyl sites for hydroxylation is 1. The molecule has 0 radical (unpaired) electrons. The van der Waals surface area contributed by atoms with Gasteiger partial charge >= 0.3 is 6.03 Å². The Morgan fingerprint density at radius 2 is 1.80 bits per heavy atom. The van der Waals surface area contributed by atoms with Gasteiger partial charge in [0.1, 0.15) is 5.75 Å². The van der Waals surface area contributed by atoms with Crippen LogP contribution >= 0.6 is 23.2 Å². The van der Waals surface area contributed by atoms with Gasteiger partial charge in [0.05, 0.1) is 10.0 Å². The maximum atomic E-state index is 11.9.